The lowest BCUT2D eigenvalue weighted by Gasteiger charge is -2.21. The van der Waals surface area contributed by atoms with Crippen LogP contribution in [0, 0.1) is 0 Å². The fourth-order valence-electron chi connectivity index (χ4n) is 3.37. The highest BCUT2D eigenvalue weighted by atomic mass is 32.2. The van der Waals surface area contributed by atoms with Crippen molar-refractivity contribution >= 4 is 20.7 Å². The molecule has 0 atom stereocenters. The summed E-state index contributed by atoms with van der Waals surface area (Å²) in [6, 6.07) is 9.39. The van der Waals surface area contributed by atoms with E-state index in [1.165, 1.54) is 37.5 Å². The van der Waals surface area contributed by atoms with Crippen molar-refractivity contribution in [3.8, 4) is 23.0 Å². The molecule has 0 aromatic carbocycles. The number of hydrogen-bond acceptors (Lipinski definition) is 7. The molecule has 8 nitrogen and oxygen atoms in total. The molecule has 4 rings (SSSR count). The Morgan fingerprint density at radius 1 is 0.973 bits per heavy atom. The zero-order chi connectivity index (χ0) is 27.0. The van der Waals surface area contributed by atoms with Crippen LogP contribution in [0.25, 0.3) is 22.3 Å². The van der Waals surface area contributed by atoms with E-state index in [0.29, 0.717) is 0 Å². The Morgan fingerprint density at radius 3 is 2.38 bits per heavy atom. The number of ether oxygens (including phenoxy) is 1. The summed E-state index contributed by atoms with van der Waals surface area (Å²) in [4.78, 5) is 24.1. The van der Waals surface area contributed by atoms with Gasteiger partial charge in [0.25, 0.3) is 5.56 Å². The lowest BCUT2D eigenvalue weighted by molar-refractivity contribution is -0.286. The summed E-state index contributed by atoms with van der Waals surface area (Å²) in [5.74, 6) is -5.21. The van der Waals surface area contributed by atoms with Gasteiger partial charge in [-0.05, 0) is 18.2 Å². The van der Waals surface area contributed by atoms with E-state index in [0.717, 1.165) is 12.3 Å². The second kappa shape index (κ2) is 9.50. The van der Waals surface area contributed by atoms with Crippen LogP contribution >= 0.6 is 0 Å². The van der Waals surface area contributed by atoms with Gasteiger partial charge in [0.05, 0.1) is 40.8 Å². The van der Waals surface area contributed by atoms with Crippen LogP contribution in [0.15, 0.2) is 70.7 Å². The molecule has 0 saturated heterocycles. The standard InChI is InChI=1S/C23H17F5N4O4S/c1-2-37(34,35)18-10-15(36-19-5-3-4-8-29-19)11-31-21(18)16-9-14-6-7-20(33)32(17(14)12-30-16)13-22(24,25)23(26,27)28/h3-12H,2,13H2,1H3. The Hall–Kier alpha value is -3.94. The maximum atomic E-state index is 13.7. The first-order chi connectivity index (χ1) is 17.3. The van der Waals surface area contributed by atoms with Crippen molar-refractivity contribution in [3.05, 3.63) is 71.4 Å². The zero-order valence-electron chi connectivity index (χ0n) is 18.9. The van der Waals surface area contributed by atoms with Crippen LogP contribution in [0.4, 0.5) is 22.0 Å². The topological polar surface area (TPSA) is 104 Å². The Kier molecular flexibility index (Phi) is 6.71. The minimum Gasteiger partial charge on any atom is -0.437 e. The van der Waals surface area contributed by atoms with E-state index in [-0.39, 0.29) is 49.1 Å². The molecule has 0 spiro atoms. The Morgan fingerprint density at radius 2 is 1.73 bits per heavy atom. The Labute approximate surface area is 206 Å². The smallest absolute Gasteiger partial charge is 0.437 e. The van der Waals surface area contributed by atoms with E-state index in [1.807, 2.05) is 0 Å². The molecule has 4 aromatic rings. The second-order valence-electron chi connectivity index (χ2n) is 7.78. The van der Waals surface area contributed by atoms with E-state index in [4.69, 9.17) is 4.74 Å². The monoisotopic (exact) mass is 540 g/mol. The number of alkyl halides is 5. The van der Waals surface area contributed by atoms with Gasteiger partial charge in [0.15, 0.2) is 9.84 Å². The number of halogens is 5. The molecule has 0 amide bonds. The molecule has 0 aliphatic heterocycles. The average molecular weight is 540 g/mol. The summed E-state index contributed by atoms with van der Waals surface area (Å²) in [6.45, 7) is -0.528. The van der Waals surface area contributed by atoms with Crippen LogP contribution in [0.2, 0.25) is 0 Å². The van der Waals surface area contributed by atoms with E-state index < -0.39 is 34.0 Å². The molecule has 4 heterocycles. The van der Waals surface area contributed by atoms with Gasteiger partial charge >= 0.3 is 12.1 Å². The van der Waals surface area contributed by atoms with E-state index in [1.54, 1.807) is 18.2 Å². The van der Waals surface area contributed by atoms with Crippen molar-refractivity contribution < 1.29 is 35.1 Å². The van der Waals surface area contributed by atoms with Gasteiger partial charge in [-0.2, -0.15) is 22.0 Å². The summed E-state index contributed by atoms with van der Waals surface area (Å²) in [7, 11) is -3.88. The first-order valence-corrected chi connectivity index (χ1v) is 12.2. The number of sulfone groups is 1. The normalized spacial score (nSPS) is 12.6. The molecule has 0 aliphatic rings. The molecule has 4 aromatic heterocycles. The Balaban J connectivity index is 1.82. The molecular formula is C23H17F5N4O4S. The van der Waals surface area contributed by atoms with Crippen LogP contribution < -0.4 is 10.3 Å². The maximum absolute atomic E-state index is 13.7. The van der Waals surface area contributed by atoms with Gasteiger partial charge < -0.3 is 9.30 Å². The fraction of sp³-hybridized carbons (Fsp3) is 0.217. The van der Waals surface area contributed by atoms with Gasteiger partial charge in [0, 0.05) is 29.8 Å². The molecule has 194 valence electrons. The molecular weight excluding hydrogens is 523 g/mol. The van der Waals surface area contributed by atoms with E-state index in [9.17, 15) is 35.2 Å². The minimum absolute atomic E-state index is 0.0170. The molecule has 37 heavy (non-hydrogen) atoms. The zero-order valence-corrected chi connectivity index (χ0v) is 19.7. The third kappa shape index (κ3) is 5.28. The highest BCUT2D eigenvalue weighted by Crippen LogP contribution is 2.37. The van der Waals surface area contributed by atoms with Gasteiger partial charge in [-0.15, -0.1) is 0 Å². The number of aromatic nitrogens is 4. The van der Waals surface area contributed by atoms with E-state index in [2.05, 4.69) is 15.0 Å². The first kappa shape index (κ1) is 26.1. The molecule has 0 aliphatic carbocycles. The molecule has 0 bridgehead atoms. The van der Waals surface area contributed by atoms with Gasteiger partial charge in [-0.3, -0.25) is 9.78 Å². The molecule has 0 saturated carbocycles. The molecule has 0 radical (unpaired) electrons. The van der Waals surface area contributed by atoms with Gasteiger partial charge in [0.1, 0.15) is 11.4 Å². The first-order valence-electron chi connectivity index (χ1n) is 10.6. The maximum Gasteiger partial charge on any atom is 0.455 e. The summed E-state index contributed by atoms with van der Waals surface area (Å²) in [6.07, 6.45) is -2.24. The van der Waals surface area contributed by atoms with Crippen molar-refractivity contribution in [1.82, 2.24) is 19.5 Å². The van der Waals surface area contributed by atoms with Crippen molar-refractivity contribution in [2.24, 2.45) is 0 Å². The predicted molar refractivity (Wildman–Crippen MR) is 122 cm³/mol. The van der Waals surface area contributed by atoms with Crippen molar-refractivity contribution in [2.45, 2.75) is 30.5 Å². The average Bonchev–Trinajstić information content (AvgIpc) is 2.85. The number of nitrogens with zero attached hydrogens (tertiary/aromatic N) is 4. The van der Waals surface area contributed by atoms with Crippen molar-refractivity contribution in [3.63, 3.8) is 0 Å². The number of pyridine rings is 4. The fourth-order valence-corrected chi connectivity index (χ4v) is 4.43. The SMILES string of the molecule is CCS(=O)(=O)c1cc(Oc2ccccn2)cnc1-c1cc2ccc(=O)n(CC(F)(F)C(F)(F)F)c2cn1. The van der Waals surface area contributed by atoms with Crippen molar-refractivity contribution in [2.75, 3.05) is 5.75 Å². The van der Waals surface area contributed by atoms with Crippen LogP contribution in [-0.2, 0) is 16.4 Å². The predicted octanol–water partition coefficient (Wildman–Crippen LogP) is 4.64. The van der Waals surface area contributed by atoms with Crippen molar-refractivity contribution in [1.29, 1.82) is 0 Å². The van der Waals surface area contributed by atoms with Gasteiger partial charge in [-0.25, -0.2) is 18.4 Å². The minimum atomic E-state index is -5.87. The summed E-state index contributed by atoms with van der Waals surface area (Å²) >= 11 is 0. The summed E-state index contributed by atoms with van der Waals surface area (Å²) < 4.78 is 97.1. The number of fused-ring (bicyclic) bond motifs is 1. The van der Waals surface area contributed by atoms with E-state index >= 15 is 0 Å². The highest BCUT2D eigenvalue weighted by Gasteiger charge is 2.57. The Bertz CT molecular complexity index is 1620. The molecule has 14 heteroatoms. The largest absolute Gasteiger partial charge is 0.455 e. The molecule has 0 fully saturated rings. The molecule has 0 N–H and O–H groups in total. The van der Waals surface area contributed by atoms with Crippen LogP contribution in [-0.4, -0.2) is 45.8 Å². The van der Waals surface area contributed by atoms with Crippen LogP contribution in [0.3, 0.4) is 0 Å². The summed E-state index contributed by atoms with van der Waals surface area (Å²) in [5, 5.41) is 0.0676. The lowest BCUT2D eigenvalue weighted by Crippen LogP contribution is -2.42. The second-order valence-corrected chi connectivity index (χ2v) is 10.0. The highest BCUT2D eigenvalue weighted by molar-refractivity contribution is 7.91. The lowest BCUT2D eigenvalue weighted by atomic mass is 10.1. The number of hydrogen-bond donors (Lipinski definition) is 0. The van der Waals surface area contributed by atoms with Crippen LogP contribution in [0.1, 0.15) is 6.92 Å². The van der Waals surface area contributed by atoms with Gasteiger partial charge in [0.2, 0.25) is 5.88 Å². The third-order valence-electron chi connectivity index (χ3n) is 5.29. The third-order valence-corrected chi connectivity index (χ3v) is 7.03. The molecule has 0 unspecified atom stereocenters. The quantitative estimate of drug-likeness (QED) is 0.315. The van der Waals surface area contributed by atoms with Gasteiger partial charge in [-0.1, -0.05) is 13.0 Å². The van der Waals surface area contributed by atoms with Crippen LogP contribution in [0.5, 0.6) is 11.6 Å². The summed E-state index contributed by atoms with van der Waals surface area (Å²) in [5.41, 5.74) is -1.50. The number of rotatable bonds is 7.